The van der Waals surface area contributed by atoms with E-state index in [9.17, 15) is 43.2 Å². The van der Waals surface area contributed by atoms with E-state index in [1.54, 1.807) is 0 Å². The zero-order chi connectivity index (χ0) is 70.0. The molecule has 5 atom stereocenters. The topological polar surface area (TPSA) is 237 Å². The van der Waals surface area contributed by atoms with Gasteiger partial charge in [-0.05, 0) is 37.5 Å². The maximum atomic E-state index is 13.1. The Balaban J connectivity index is 5.18. The Morgan fingerprint density at radius 2 is 0.484 bits per heavy atom. The van der Waals surface area contributed by atoms with Crippen molar-refractivity contribution >= 4 is 39.5 Å². The Hall–Kier alpha value is -1.94. The molecule has 2 unspecified atom stereocenters. The Labute approximate surface area is 581 Å². The third-order valence-electron chi connectivity index (χ3n) is 17.7. The molecule has 0 aromatic carbocycles. The number of carbonyl (C=O) groups excluding carboxylic acids is 4. The van der Waals surface area contributed by atoms with Crippen LogP contribution in [0.5, 0.6) is 0 Å². The first-order chi connectivity index (χ1) is 45.9. The van der Waals surface area contributed by atoms with Crippen LogP contribution in [0, 0.1) is 11.8 Å². The average molecular weight is 1400 g/mol. The molecule has 19 heteroatoms. The zero-order valence-electron chi connectivity index (χ0n) is 62.0. The Kier molecular flexibility index (Phi) is 66.5. The molecule has 564 valence electrons. The van der Waals surface area contributed by atoms with Gasteiger partial charge >= 0.3 is 39.5 Å². The predicted octanol–water partition coefficient (Wildman–Crippen LogP) is 22.3. The summed E-state index contributed by atoms with van der Waals surface area (Å²) in [7, 11) is -9.90. The second kappa shape index (κ2) is 67.9. The Morgan fingerprint density at radius 1 is 0.284 bits per heavy atom. The van der Waals surface area contributed by atoms with E-state index >= 15 is 0 Å². The van der Waals surface area contributed by atoms with Crippen LogP contribution in [0.25, 0.3) is 0 Å². The number of aliphatic hydroxyl groups is 1. The van der Waals surface area contributed by atoms with E-state index in [4.69, 9.17) is 37.0 Å². The maximum absolute atomic E-state index is 13.1. The van der Waals surface area contributed by atoms with Crippen molar-refractivity contribution in [1.82, 2.24) is 0 Å². The van der Waals surface area contributed by atoms with Gasteiger partial charge in [0.2, 0.25) is 0 Å². The molecule has 0 aromatic heterocycles. The second-order valence-corrected chi connectivity index (χ2v) is 31.3. The minimum atomic E-state index is -4.96. The molecule has 0 amide bonds. The molecule has 0 bridgehead atoms. The van der Waals surface area contributed by atoms with E-state index in [0.717, 1.165) is 115 Å². The fourth-order valence-electron chi connectivity index (χ4n) is 11.7. The van der Waals surface area contributed by atoms with Crippen molar-refractivity contribution in [2.75, 3.05) is 39.6 Å². The molecule has 0 saturated heterocycles. The zero-order valence-corrected chi connectivity index (χ0v) is 63.8. The highest BCUT2D eigenvalue weighted by Crippen LogP contribution is 2.45. The molecule has 0 spiro atoms. The average Bonchev–Trinajstić information content (AvgIpc) is 1.40. The predicted molar refractivity (Wildman–Crippen MR) is 386 cm³/mol. The number of hydrogen-bond acceptors (Lipinski definition) is 15. The van der Waals surface area contributed by atoms with Gasteiger partial charge in [0, 0.05) is 25.7 Å². The van der Waals surface area contributed by atoms with Crippen LogP contribution in [0.3, 0.4) is 0 Å². The van der Waals surface area contributed by atoms with Gasteiger partial charge in [0.25, 0.3) is 0 Å². The summed E-state index contributed by atoms with van der Waals surface area (Å²) in [5.41, 5.74) is 0. The van der Waals surface area contributed by atoms with Crippen molar-refractivity contribution in [2.24, 2.45) is 11.8 Å². The summed E-state index contributed by atoms with van der Waals surface area (Å²) >= 11 is 0. The van der Waals surface area contributed by atoms with Crippen LogP contribution in [0.2, 0.25) is 0 Å². The lowest BCUT2D eigenvalue weighted by Gasteiger charge is -2.21. The first kappa shape index (κ1) is 93.1. The number of hydrogen-bond donors (Lipinski definition) is 3. The van der Waals surface area contributed by atoms with E-state index in [0.29, 0.717) is 25.7 Å². The van der Waals surface area contributed by atoms with Gasteiger partial charge in [-0.15, -0.1) is 0 Å². The number of carbonyl (C=O) groups is 4. The molecule has 0 aliphatic heterocycles. The van der Waals surface area contributed by atoms with Crippen LogP contribution in [-0.4, -0.2) is 96.7 Å². The summed E-state index contributed by atoms with van der Waals surface area (Å²) in [4.78, 5) is 72.7. The highest BCUT2D eigenvalue weighted by Gasteiger charge is 2.30. The molecule has 0 heterocycles. The molecular weight excluding hydrogens is 1250 g/mol. The van der Waals surface area contributed by atoms with Crippen molar-refractivity contribution in [3.05, 3.63) is 0 Å². The lowest BCUT2D eigenvalue weighted by molar-refractivity contribution is -0.161. The van der Waals surface area contributed by atoms with Gasteiger partial charge in [-0.3, -0.25) is 37.3 Å². The smallest absolute Gasteiger partial charge is 0.462 e. The highest BCUT2D eigenvalue weighted by molar-refractivity contribution is 7.47. The SMILES string of the molecule is CCCCCCCCCCCCCCC(=O)O[C@H](COC(=O)CCCCCCCCC)COP(=O)(O)OC[C@H](O)COP(=O)(O)OC[C@@H](COC(=O)CCCCCCCCCCCCCCCCC(C)C)OC(=O)CCCCCCCCCCCCCCCCCCC(C)C. The van der Waals surface area contributed by atoms with E-state index < -0.39 is 97.5 Å². The third kappa shape index (κ3) is 70.3. The Morgan fingerprint density at radius 3 is 0.716 bits per heavy atom. The third-order valence-corrected chi connectivity index (χ3v) is 19.6. The van der Waals surface area contributed by atoms with Gasteiger partial charge in [0.15, 0.2) is 12.2 Å². The molecule has 0 aliphatic rings. The summed E-state index contributed by atoms with van der Waals surface area (Å²) in [6.07, 6.45) is 55.6. The van der Waals surface area contributed by atoms with Gasteiger partial charge in [-0.2, -0.15) is 0 Å². The van der Waals surface area contributed by atoms with Crippen molar-refractivity contribution in [1.29, 1.82) is 0 Å². The summed E-state index contributed by atoms with van der Waals surface area (Å²) in [5, 5.41) is 10.6. The van der Waals surface area contributed by atoms with Gasteiger partial charge < -0.3 is 33.8 Å². The maximum Gasteiger partial charge on any atom is 0.472 e. The van der Waals surface area contributed by atoms with Crippen LogP contribution in [0.1, 0.15) is 395 Å². The number of phosphoric ester groups is 2. The molecule has 0 fully saturated rings. The van der Waals surface area contributed by atoms with Gasteiger partial charge in [-0.1, -0.05) is 343 Å². The van der Waals surface area contributed by atoms with Crippen LogP contribution in [0.4, 0.5) is 0 Å². The molecular formula is C76H148O17P2. The first-order valence-electron chi connectivity index (χ1n) is 39.5. The summed E-state index contributed by atoms with van der Waals surface area (Å²) in [6.45, 7) is 9.61. The van der Waals surface area contributed by atoms with Crippen molar-refractivity contribution in [3.63, 3.8) is 0 Å². The van der Waals surface area contributed by atoms with E-state index in [1.165, 1.54) is 199 Å². The second-order valence-electron chi connectivity index (χ2n) is 28.3. The number of unbranched alkanes of at least 4 members (excludes halogenated alkanes) is 45. The highest BCUT2D eigenvalue weighted by atomic mass is 31.2. The van der Waals surface area contributed by atoms with Crippen LogP contribution in [0.15, 0.2) is 0 Å². The molecule has 95 heavy (non-hydrogen) atoms. The Bertz CT molecular complexity index is 1840. The molecule has 0 aliphatic carbocycles. The molecule has 0 saturated carbocycles. The molecule has 0 radical (unpaired) electrons. The van der Waals surface area contributed by atoms with Crippen molar-refractivity contribution < 1.29 is 80.2 Å². The van der Waals surface area contributed by atoms with Gasteiger partial charge in [-0.25, -0.2) is 9.13 Å². The van der Waals surface area contributed by atoms with Crippen LogP contribution < -0.4 is 0 Å². The number of esters is 4. The van der Waals surface area contributed by atoms with Crippen molar-refractivity contribution in [2.45, 2.75) is 413 Å². The molecule has 3 N–H and O–H groups in total. The number of rotatable bonds is 75. The number of phosphoric acid groups is 2. The standard InChI is InChI=1S/C76H148O17P2/c1-7-9-11-13-15-16-17-30-36-42-48-54-60-75(80)92-71(64-86-73(78)58-52-46-38-14-12-10-8-2)66-90-94(82,83)88-62-70(77)63-89-95(84,85)91-67-72(65-87-74(79)59-53-47-41-35-31-26-23-22-25-29-34-40-45-51-57-69(5)6)93-76(81)61-55-49-43-37-32-27-21-19-18-20-24-28-33-39-44-50-56-68(3)4/h68-72,77H,7-67H2,1-6H3,(H,82,83)(H,84,85)/t70-,71+,72+/m0/s1. The minimum absolute atomic E-state index is 0.107. The van der Waals surface area contributed by atoms with E-state index in [1.807, 2.05) is 0 Å². The summed E-state index contributed by atoms with van der Waals surface area (Å²) in [5.74, 6) is -0.510. The summed E-state index contributed by atoms with van der Waals surface area (Å²) in [6, 6.07) is 0. The normalized spacial score (nSPS) is 14.0. The number of aliphatic hydroxyl groups excluding tert-OH is 1. The van der Waals surface area contributed by atoms with Crippen LogP contribution >= 0.6 is 15.6 Å². The number of ether oxygens (including phenoxy) is 4. The van der Waals surface area contributed by atoms with E-state index in [-0.39, 0.29) is 25.7 Å². The van der Waals surface area contributed by atoms with Gasteiger partial charge in [0.05, 0.1) is 26.4 Å². The summed E-state index contributed by atoms with van der Waals surface area (Å²) < 4.78 is 68.4. The monoisotopic (exact) mass is 1400 g/mol. The minimum Gasteiger partial charge on any atom is -0.462 e. The van der Waals surface area contributed by atoms with E-state index in [2.05, 4.69) is 41.5 Å². The quantitative estimate of drug-likeness (QED) is 0.0222. The largest absolute Gasteiger partial charge is 0.472 e. The van der Waals surface area contributed by atoms with Gasteiger partial charge in [0.1, 0.15) is 19.3 Å². The lowest BCUT2D eigenvalue weighted by Crippen LogP contribution is -2.30. The molecule has 0 aromatic rings. The van der Waals surface area contributed by atoms with Crippen LogP contribution in [-0.2, 0) is 65.4 Å². The molecule has 17 nitrogen and oxygen atoms in total. The molecule has 0 rings (SSSR count). The first-order valence-corrected chi connectivity index (χ1v) is 42.5. The lowest BCUT2D eigenvalue weighted by atomic mass is 10.0. The van der Waals surface area contributed by atoms with Crippen molar-refractivity contribution in [3.8, 4) is 0 Å². The fourth-order valence-corrected chi connectivity index (χ4v) is 13.2. The fraction of sp³-hybridized carbons (Fsp3) is 0.947.